The van der Waals surface area contributed by atoms with Crippen LogP contribution in [0.1, 0.15) is 54.3 Å². The number of aryl methyl sites for hydroxylation is 1. The van der Waals surface area contributed by atoms with E-state index in [0.717, 1.165) is 23.3 Å². The highest BCUT2D eigenvalue weighted by molar-refractivity contribution is 5.96. The second-order valence-corrected chi connectivity index (χ2v) is 6.26. The lowest BCUT2D eigenvalue weighted by Crippen LogP contribution is -2.29. The zero-order valence-corrected chi connectivity index (χ0v) is 13.8. The molecule has 1 saturated carbocycles. The number of hydrogen-bond donors (Lipinski definition) is 1. The fourth-order valence-corrected chi connectivity index (χ4v) is 3.02. The molecule has 7 nitrogen and oxygen atoms in total. The summed E-state index contributed by atoms with van der Waals surface area (Å²) >= 11 is 0. The number of pyridine rings is 1. The number of nitrogens with zero attached hydrogens (tertiary/aromatic N) is 5. The van der Waals surface area contributed by atoms with Crippen LogP contribution >= 0.6 is 0 Å². The smallest absolute Gasteiger partial charge is 0.253 e. The maximum Gasteiger partial charge on any atom is 0.253 e. The Morgan fingerprint density at radius 2 is 2.25 bits per heavy atom. The third-order valence-corrected chi connectivity index (χ3v) is 4.54. The number of amides is 1. The fourth-order valence-electron chi connectivity index (χ4n) is 3.02. The van der Waals surface area contributed by atoms with Crippen molar-refractivity contribution in [2.24, 2.45) is 7.05 Å². The second kappa shape index (κ2) is 5.74. The van der Waals surface area contributed by atoms with Gasteiger partial charge in [0.2, 0.25) is 0 Å². The Hall–Kier alpha value is -2.70. The Morgan fingerprint density at radius 1 is 1.42 bits per heavy atom. The van der Waals surface area contributed by atoms with Crippen LogP contribution in [-0.2, 0) is 7.05 Å². The van der Waals surface area contributed by atoms with Crippen LogP contribution < -0.4 is 5.32 Å². The Balaban J connectivity index is 1.57. The molecule has 1 atom stereocenters. The number of carbonyl (C=O) groups is 1. The van der Waals surface area contributed by atoms with Gasteiger partial charge in [0.1, 0.15) is 5.52 Å². The van der Waals surface area contributed by atoms with Gasteiger partial charge in [-0.2, -0.15) is 5.10 Å². The van der Waals surface area contributed by atoms with Crippen LogP contribution in [0, 0.1) is 0 Å². The number of hydrogen-bond acceptors (Lipinski definition) is 4. The van der Waals surface area contributed by atoms with Crippen molar-refractivity contribution >= 4 is 17.1 Å². The van der Waals surface area contributed by atoms with Gasteiger partial charge in [-0.15, -0.1) is 0 Å². The molecular formula is C17H20N6O. The van der Waals surface area contributed by atoms with Crippen molar-refractivity contribution < 1.29 is 4.79 Å². The van der Waals surface area contributed by atoms with Crippen molar-refractivity contribution in [1.82, 2.24) is 29.6 Å². The van der Waals surface area contributed by atoms with Crippen LogP contribution in [0.15, 0.2) is 30.9 Å². The summed E-state index contributed by atoms with van der Waals surface area (Å²) in [5, 5.41) is 7.23. The molecule has 24 heavy (non-hydrogen) atoms. The predicted molar refractivity (Wildman–Crippen MR) is 89.5 cm³/mol. The lowest BCUT2D eigenvalue weighted by atomic mass is 10.1. The number of fused-ring (bicyclic) bond motifs is 1. The first-order valence-corrected chi connectivity index (χ1v) is 8.28. The molecule has 1 fully saturated rings. The van der Waals surface area contributed by atoms with Gasteiger partial charge in [0, 0.05) is 25.5 Å². The predicted octanol–water partition coefficient (Wildman–Crippen LogP) is 2.38. The summed E-state index contributed by atoms with van der Waals surface area (Å²) in [5.41, 5.74) is 3.14. The van der Waals surface area contributed by atoms with Crippen molar-refractivity contribution in [3.8, 4) is 0 Å². The summed E-state index contributed by atoms with van der Waals surface area (Å²) in [6.45, 7) is 2.04. The summed E-state index contributed by atoms with van der Waals surface area (Å²) in [5.74, 6) is -0.140. The molecule has 0 aromatic carbocycles. The highest BCUT2D eigenvalue weighted by Gasteiger charge is 2.26. The van der Waals surface area contributed by atoms with E-state index in [-0.39, 0.29) is 11.9 Å². The summed E-state index contributed by atoms with van der Waals surface area (Å²) < 4.78 is 3.88. The highest BCUT2D eigenvalue weighted by atomic mass is 16.1. The van der Waals surface area contributed by atoms with E-state index in [4.69, 9.17) is 0 Å². The molecular weight excluding hydrogens is 304 g/mol. The maximum atomic E-state index is 12.6. The third-order valence-electron chi connectivity index (χ3n) is 4.54. The third kappa shape index (κ3) is 2.55. The van der Waals surface area contributed by atoms with Crippen molar-refractivity contribution in [2.45, 2.75) is 38.3 Å². The minimum atomic E-state index is -0.140. The zero-order chi connectivity index (χ0) is 16.7. The van der Waals surface area contributed by atoms with E-state index in [2.05, 4.69) is 25.0 Å². The van der Waals surface area contributed by atoms with Crippen molar-refractivity contribution in [3.05, 3.63) is 42.1 Å². The molecule has 3 aromatic heterocycles. The summed E-state index contributed by atoms with van der Waals surface area (Å²) in [4.78, 5) is 21.5. The Kier molecular flexibility index (Phi) is 3.55. The number of rotatable bonds is 5. The molecule has 3 heterocycles. The van der Waals surface area contributed by atoms with Crippen LogP contribution in [0.25, 0.3) is 11.2 Å². The second-order valence-electron chi connectivity index (χ2n) is 6.26. The zero-order valence-electron chi connectivity index (χ0n) is 13.8. The molecule has 0 spiro atoms. The highest BCUT2D eigenvalue weighted by Crippen LogP contribution is 2.36. The molecule has 1 aliphatic rings. The molecule has 124 valence electrons. The fraction of sp³-hybridized carbons (Fsp3) is 0.412. The van der Waals surface area contributed by atoms with Gasteiger partial charge in [0.25, 0.3) is 5.91 Å². The standard InChI is InChI=1S/C17H20N6O/c1-3-13(15-6-7-20-22(15)2)21-17(24)11-8-14-16(18-9-11)23(10-19-14)12-4-5-12/h6-10,12-13H,3-5H2,1-2H3,(H,21,24). The van der Waals surface area contributed by atoms with Gasteiger partial charge in [-0.3, -0.25) is 9.48 Å². The van der Waals surface area contributed by atoms with Gasteiger partial charge < -0.3 is 9.88 Å². The maximum absolute atomic E-state index is 12.6. The Labute approximate surface area is 139 Å². The van der Waals surface area contributed by atoms with Crippen molar-refractivity contribution in [2.75, 3.05) is 0 Å². The molecule has 1 N–H and O–H groups in total. The van der Waals surface area contributed by atoms with Crippen LogP contribution in [0.2, 0.25) is 0 Å². The SMILES string of the molecule is CCC(NC(=O)c1cnc2c(c1)ncn2C1CC1)c1ccnn1C. The Morgan fingerprint density at radius 3 is 2.92 bits per heavy atom. The molecule has 4 rings (SSSR count). The molecule has 0 saturated heterocycles. The van der Waals surface area contributed by atoms with E-state index in [1.165, 1.54) is 12.8 Å². The van der Waals surface area contributed by atoms with Gasteiger partial charge in [-0.1, -0.05) is 6.92 Å². The number of nitrogens with one attached hydrogen (secondary N) is 1. The monoisotopic (exact) mass is 324 g/mol. The van der Waals surface area contributed by atoms with Gasteiger partial charge in [0.05, 0.1) is 23.6 Å². The minimum absolute atomic E-state index is 0.0790. The van der Waals surface area contributed by atoms with Gasteiger partial charge >= 0.3 is 0 Å². The van der Waals surface area contributed by atoms with E-state index in [1.54, 1.807) is 17.1 Å². The number of imidazole rings is 1. The van der Waals surface area contributed by atoms with Gasteiger partial charge in [0.15, 0.2) is 5.65 Å². The Bertz CT molecular complexity index is 892. The molecule has 0 bridgehead atoms. The molecule has 0 radical (unpaired) electrons. The lowest BCUT2D eigenvalue weighted by Gasteiger charge is -2.17. The van der Waals surface area contributed by atoms with Crippen LogP contribution in [0.3, 0.4) is 0 Å². The van der Waals surface area contributed by atoms with E-state index >= 15 is 0 Å². The quantitative estimate of drug-likeness (QED) is 0.781. The normalized spacial score (nSPS) is 15.6. The van der Waals surface area contributed by atoms with Crippen LogP contribution in [-0.4, -0.2) is 30.2 Å². The average Bonchev–Trinajstić information content (AvgIpc) is 3.21. The first-order chi connectivity index (χ1) is 11.7. The molecule has 0 aliphatic heterocycles. The van der Waals surface area contributed by atoms with E-state index in [1.807, 2.05) is 32.4 Å². The number of aromatic nitrogens is 5. The average molecular weight is 324 g/mol. The molecule has 7 heteroatoms. The molecule has 1 amide bonds. The summed E-state index contributed by atoms with van der Waals surface area (Å²) in [7, 11) is 1.88. The molecule has 1 aliphatic carbocycles. The van der Waals surface area contributed by atoms with Gasteiger partial charge in [-0.05, 0) is 31.4 Å². The lowest BCUT2D eigenvalue weighted by molar-refractivity contribution is 0.0933. The van der Waals surface area contributed by atoms with E-state index < -0.39 is 0 Å². The van der Waals surface area contributed by atoms with Crippen LogP contribution in [0.5, 0.6) is 0 Å². The minimum Gasteiger partial charge on any atom is -0.344 e. The molecule has 1 unspecified atom stereocenters. The largest absolute Gasteiger partial charge is 0.344 e. The molecule has 3 aromatic rings. The van der Waals surface area contributed by atoms with E-state index in [9.17, 15) is 4.79 Å². The van der Waals surface area contributed by atoms with Gasteiger partial charge in [-0.25, -0.2) is 9.97 Å². The first kappa shape index (κ1) is 14.9. The topological polar surface area (TPSA) is 77.6 Å². The van der Waals surface area contributed by atoms with Crippen molar-refractivity contribution in [3.63, 3.8) is 0 Å². The summed E-state index contributed by atoms with van der Waals surface area (Å²) in [6, 6.07) is 4.18. The van der Waals surface area contributed by atoms with Crippen LogP contribution in [0.4, 0.5) is 0 Å². The van der Waals surface area contributed by atoms with E-state index in [0.29, 0.717) is 11.6 Å². The van der Waals surface area contributed by atoms with Crippen molar-refractivity contribution in [1.29, 1.82) is 0 Å². The summed E-state index contributed by atoms with van der Waals surface area (Å²) in [6.07, 6.45) is 8.34. The first-order valence-electron chi connectivity index (χ1n) is 8.28. The number of carbonyl (C=O) groups excluding carboxylic acids is 1.